The summed E-state index contributed by atoms with van der Waals surface area (Å²) in [6.07, 6.45) is 9.86. The predicted octanol–water partition coefficient (Wildman–Crippen LogP) is 2.75. The van der Waals surface area contributed by atoms with Crippen molar-refractivity contribution < 1.29 is 18.4 Å². The van der Waals surface area contributed by atoms with E-state index in [2.05, 4.69) is 5.32 Å². The van der Waals surface area contributed by atoms with Crippen LogP contribution in [0.5, 0.6) is 0 Å². The Balaban J connectivity index is 1.97. The van der Waals surface area contributed by atoms with Crippen LogP contribution >= 0.6 is 0 Å². The van der Waals surface area contributed by atoms with Gasteiger partial charge in [0.15, 0.2) is 0 Å². The van der Waals surface area contributed by atoms with Gasteiger partial charge < -0.3 is 14.8 Å². The quantitative estimate of drug-likeness (QED) is 0.816. The van der Waals surface area contributed by atoms with Gasteiger partial charge in [-0.15, -0.1) is 0 Å². The van der Waals surface area contributed by atoms with Crippen LogP contribution in [0.1, 0.15) is 31.7 Å². The SMILES string of the molecule is CC/C=C/C(=O)N1CCC(NC(=O)/C=C/c2ccn(C)c2)C(F)(F)CC1. The molecule has 0 spiro atoms. The summed E-state index contributed by atoms with van der Waals surface area (Å²) >= 11 is 0. The van der Waals surface area contributed by atoms with Gasteiger partial charge in [0.05, 0.1) is 6.04 Å². The van der Waals surface area contributed by atoms with Crippen LogP contribution in [0.4, 0.5) is 8.78 Å². The molecule has 142 valence electrons. The molecule has 1 aromatic heterocycles. The molecule has 1 saturated heterocycles. The third-order valence-corrected chi connectivity index (χ3v) is 4.32. The van der Waals surface area contributed by atoms with E-state index in [-0.39, 0.29) is 25.4 Å². The molecular formula is C19H25F2N3O2. The van der Waals surface area contributed by atoms with Gasteiger partial charge in [-0.3, -0.25) is 9.59 Å². The molecule has 0 bridgehead atoms. The lowest BCUT2D eigenvalue weighted by Crippen LogP contribution is -2.47. The first-order valence-electron chi connectivity index (χ1n) is 8.75. The van der Waals surface area contributed by atoms with Gasteiger partial charge in [-0.2, -0.15) is 0 Å². The summed E-state index contributed by atoms with van der Waals surface area (Å²) in [6.45, 7) is 2.07. The standard InChI is InChI=1S/C19H25F2N3O2/c1-3-4-5-18(26)24-12-9-16(19(20,21)10-13-24)22-17(25)7-6-15-8-11-23(2)14-15/h4-8,11,14,16H,3,9-10,12-13H2,1-2H3,(H,22,25)/b5-4+,7-6+. The molecule has 1 atom stereocenters. The molecule has 1 unspecified atom stereocenters. The Morgan fingerprint density at radius 1 is 1.35 bits per heavy atom. The van der Waals surface area contributed by atoms with Crippen LogP contribution in [0.25, 0.3) is 6.08 Å². The van der Waals surface area contributed by atoms with Crippen molar-refractivity contribution in [3.63, 3.8) is 0 Å². The van der Waals surface area contributed by atoms with E-state index in [1.54, 1.807) is 12.2 Å². The Hall–Kier alpha value is -2.44. The Bertz CT molecular complexity index is 695. The predicted molar refractivity (Wildman–Crippen MR) is 96.6 cm³/mol. The highest BCUT2D eigenvalue weighted by Crippen LogP contribution is 2.28. The maximum Gasteiger partial charge on any atom is 0.269 e. The van der Waals surface area contributed by atoms with Gasteiger partial charge in [0, 0.05) is 45.0 Å². The van der Waals surface area contributed by atoms with Gasteiger partial charge in [-0.1, -0.05) is 13.0 Å². The van der Waals surface area contributed by atoms with Crippen molar-refractivity contribution >= 4 is 17.9 Å². The second-order valence-corrected chi connectivity index (χ2v) is 6.44. The van der Waals surface area contributed by atoms with E-state index in [0.29, 0.717) is 6.42 Å². The fraction of sp³-hybridized carbons (Fsp3) is 0.474. The number of amides is 2. The number of allylic oxidation sites excluding steroid dienone is 1. The van der Waals surface area contributed by atoms with E-state index in [4.69, 9.17) is 0 Å². The smallest absolute Gasteiger partial charge is 0.269 e. The molecule has 1 N–H and O–H groups in total. The summed E-state index contributed by atoms with van der Waals surface area (Å²) in [5.74, 6) is -3.89. The molecule has 1 aromatic rings. The Kier molecular flexibility index (Phi) is 6.71. The molecule has 0 radical (unpaired) electrons. The van der Waals surface area contributed by atoms with Crippen LogP contribution in [-0.2, 0) is 16.6 Å². The minimum Gasteiger partial charge on any atom is -0.357 e. The summed E-state index contributed by atoms with van der Waals surface area (Å²) < 4.78 is 30.5. The first-order valence-corrected chi connectivity index (χ1v) is 8.75. The van der Waals surface area contributed by atoms with Crippen molar-refractivity contribution in [1.29, 1.82) is 0 Å². The number of alkyl halides is 2. The van der Waals surface area contributed by atoms with Crippen LogP contribution in [-0.4, -0.2) is 46.3 Å². The average molecular weight is 365 g/mol. The summed E-state index contributed by atoms with van der Waals surface area (Å²) in [7, 11) is 1.85. The molecule has 0 aliphatic carbocycles. The van der Waals surface area contributed by atoms with Crippen molar-refractivity contribution in [1.82, 2.24) is 14.8 Å². The molecule has 2 heterocycles. The van der Waals surface area contributed by atoms with Crippen LogP contribution < -0.4 is 5.32 Å². The monoisotopic (exact) mass is 365 g/mol. The highest BCUT2D eigenvalue weighted by molar-refractivity contribution is 5.92. The number of rotatable bonds is 5. The van der Waals surface area contributed by atoms with Gasteiger partial charge in [0.25, 0.3) is 5.92 Å². The number of nitrogens with one attached hydrogen (secondary N) is 1. The lowest BCUT2D eigenvalue weighted by molar-refractivity contribution is -0.126. The number of carbonyl (C=O) groups excluding carboxylic acids is 2. The normalized spacial score (nSPS) is 20.5. The molecule has 1 aliphatic heterocycles. The molecule has 2 amide bonds. The lowest BCUT2D eigenvalue weighted by atomic mass is 10.1. The number of carbonyl (C=O) groups is 2. The summed E-state index contributed by atoms with van der Waals surface area (Å²) in [5, 5.41) is 2.39. The van der Waals surface area contributed by atoms with Crippen LogP contribution in [0, 0.1) is 0 Å². The average Bonchev–Trinajstić information content (AvgIpc) is 2.95. The van der Waals surface area contributed by atoms with Crippen molar-refractivity contribution in [2.24, 2.45) is 7.05 Å². The van der Waals surface area contributed by atoms with Crippen molar-refractivity contribution in [2.75, 3.05) is 13.1 Å². The number of halogens is 2. The van der Waals surface area contributed by atoms with E-state index < -0.39 is 24.3 Å². The number of hydrogen-bond acceptors (Lipinski definition) is 2. The van der Waals surface area contributed by atoms with Gasteiger partial charge in [0.2, 0.25) is 11.8 Å². The molecule has 2 rings (SSSR count). The van der Waals surface area contributed by atoms with Gasteiger partial charge in [0.1, 0.15) is 0 Å². The van der Waals surface area contributed by atoms with Gasteiger partial charge in [-0.05, 0) is 36.6 Å². The largest absolute Gasteiger partial charge is 0.357 e. The molecule has 1 fully saturated rings. The fourth-order valence-electron chi connectivity index (χ4n) is 2.80. The zero-order valence-corrected chi connectivity index (χ0v) is 15.1. The number of nitrogens with zero attached hydrogens (tertiary/aromatic N) is 2. The van der Waals surface area contributed by atoms with E-state index >= 15 is 0 Å². The molecule has 7 heteroatoms. The zero-order chi connectivity index (χ0) is 19.2. The van der Waals surface area contributed by atoms with E-state index in [1.807, 2.05) is 37.0 Å². The molecule has 0 saturated carbocycles. The third kappa shape index (κ3) is 5.54. The minimum absolute atomic E-state index is 0.0175. The van der Waals surface area contributed by atoms with Crippen molar-refractivity contribution in [2.45, 2.75) is 38.2 Å². The Labute approximate surface area is 152 Å². The van der Waals surface area contributed by atoms with Gasteiger partial charge in [-0.25, -0.2) is 8.78 Å². The number of likely N-dealkylation sites (tertiary alicyclic amines) is 1. The van der Waals surface area contributed by atoms with E-state index in [9.17, 15) is 18.4 Å². The number of hydrogen-bond donors (Lipinski definition) is 1. The fourth-order valence-corrected chi connectivity index (χ4v) is 2.80. The van der Waals surface area contributed by atoms with Crippen LogP contribution in [0.2, 0.25) is 0 Å². The van der Waals surface area contributed by atoms with Crippen LogP contribution in [0.15, 0.2) is 36.7 Å². The van der Waals surface area contributed by atoms with Crippen LogP contribution in [0.3, 0.4) is 0 Å². The summed E-state index contributed by atoms with van der Waals surface area (Å²) in [5.41, 5.74) is 0.815. The molecule has 0 aromatic carbocycles. The summed E-state index contributed by atoms with van der Waals surface area (Å²) in [4.78, 5) is 25.4. The molecule has 5 nitrogen and oxygen atoms in total. The maximum atomic E-state index is 14.3. The topological polar surface area (TPSA) is 54.3 Å². The molecule has 26 heavy (non-hydrogen) atoms. The molecule has 1 aliphatic rings. The first kappa shape index (κ1) is 19.9. The second-order valence-electron chi connectivity index (χ2n) is 6.44. The highest BCUT2D eigenvalue weighted by atomic mass is 19.3. The van der Waals surface area contributed by atoms with E-state index in [1.165, 1.54) is 17.1 Å². The van der Waals surface area contributed by atoms with E-state index in [0.717, 1.165) is 5.56 Å². The highest BCUT2D eigenvalue weighted by Gasteiger charge is 2.42. The number of aryl methyl sites for hydroxylation is 1. The molecular weight excluding hydrogens is 340 g/mol. The summed E-state index contributed by atoms with van der Waals surface area (Å²) in [6, 6.07) is 0.528. The Morgan fingerprint density at radius 3 is 2.77 bits per heavy atom. The first-order chi connectivity index (χ1) is 12.3. The van der Waals surface area contributed by atoms with Crippen molar-refractivity contribution in [3.05, 3.63) is 42.3 Å². The zero-order valence-electron chi connectivity index (χ0n) is 15.1. The number of aromatic nitrogens is 1. The van der Waals surface area contributed by atoms with Crippen molar-refractivity contribution in [3.8, 4) is 0 Å². The van der Waals surface area contributed by atoms with Gasteiger partial charge >= 0.3 is 0 Å². The second kappa shape index (κ2) is 8.78. The Morgan fingerprint density at radius 2 is 2.12 bits per heavy atom. The third-order valence-electron chi connectivity index (χ3n) is 4.32. The minimum atomic E-state index is -3.06. The lowest BCUT2D eigenvalue weighted by Gasteiger charge is -2.24. The maximum absolute atomic E-state index is 14.3.